The minimum atomic E-state index is -0.191. The molecule has 0 bridgehead atoms. The van der Waals surface area contributed by atoms with E-state index in [4.69, 9.17) is 21.1 Å². The van der Waals surface area contributed by atoms with Gasteiger partial charge in [-0.1, -0.05) is 35.5 Å². The van der Waals surface area contributed by atoms with Gasteiger partial charge in [-0.2, -0.15) is 0 Å². The molecule has 0 unspecified atom stereocenters. The second-order valence-corrected chi connectivity index (χ2v) is 9.43. The Morgan fingerprint density at radius 2 is 1.85 bits per heavy atom. The zero-order valence-corrected chi connectivity index (χ0v) is 20.5. The van der Waals surface area contributed by atoms with E-state index in [-0.39, 0.29) is 11.7 Å². The predicted molar refractivity (Wildman–Crippen MR) is 136 cm³/mol. The van der Waals surface area contributed by atoms with Crippen molar-refractivity contribution in [1.82, 2.24) is 19.6 Å². The average molecular weight is 512 g/mol. The van der Waals surface area contributed by atoms with E-state index in [1.165, 1.54) is 11.8 Å². The third-order valence-corrected chi connectivity index (χ3v) is 7.15. The molecule has 0 spiro atoms. The normalized spacial score (nSPS) is 11.1. The molecule has 3 aromatic heterocycles. The van der Waals surface area contributed by atoms with Crippen molar-refractivity contribution in [3.8, 4) is 22.6 Å². The summed E-state index contributed by atoms with van der Waals surface area (Å²) in [5, 5.41) is 15.8. The molecule has 5 rings (SSSR count). The summed E-state index contributed by atoms with van der Waals surface area (Å²) < 4.78 is 12.3. The van der Waals surface area contributed by atoms with Crippen LogP contribution in [-0.2, 0) is 4.79 Å². The van der Waals surface area contributed by atoms with Crippen LogP contribution < -0.4 is 14.8 Å². The summed E-state index contributed by atoms with van der Waals surface area (Å²) in [6.07, 6.45) is 1.69. The fourth-order valence-corrected chi connectivity index (χ4v) is 5.21. The van der Waals surface area contributed by atoms with Gasteiger partial charge in [0, 0.05) is 39.9 Å². The largest absolute Gasteiger partial charge is 0.497 e. The summed E-state index contributed by atoms with van der Waals surface area (Å²) in [7, 11) is 3.12. The maximum atomic E-state index is 12.6. The highest BCUT2D eigenvalue weighted by molar-refractivity contribution is 7.99. The Labute approximate surface area is 207 Å². The smallest absolute Gasteiger partial charge is 0.234 e. The summed E-state index contributed by atoms with van der Waals surface area (Å²) in [5.41, 5.74) is 3.32. The number of fused-ring (bicyclic) bond motifs is 3. The number of carbonyl (C=O) groups is 1. The molecule has 0 aliphatic rings. The predicted octanol–water partition coefficient (Wildman–Crippen LogP) is 5.41. The van der Waals surface area contributed by atoms with Crippen molar-refractivity contribution < 1.29 is 14.3 Å². The molecule has 0 aliphatic heterocycles. The highest BCUT2D eigenvalue weighted by Gasteiger charge is 2.17. The fraction of sp³-hybridized carbons (Fsp3) is 0.130. The standard InChI is InChI=1S/C23H18ClN5O3S2/c1-31-16-7-15(8-17(9-16)32-2)26-19(30)11-34-23-28-27-21-20-18(13-3-5-14(24)6-4-13)10-33-22(20)25-12-29(21)23/h3-10,12H,11H2,1-2H3,(H,26,30). The van der Waals surface area contributed by atoms with Crippen molar-refractivity contribution in [2.24, 2.45) is 0 Å². The first-order valence-electron chi connectivity index (χ1n) is 10.1. The number of hydrogen-bond acceptors (Lipinski definition) is 8. The van der Waals surface area contributed by atoms with Crippen LogP contribution in [0.1, 0.15) is 0 Å². The average Bonchev–Trinajstić information content (AvgIpc) is 3.47. The zero-order valence-electron chi connectivity index (χ0n) is 18.1. The van der Waals surface area contributed by atoms with Gasteiger partial charge in [-0.25, -0.2) is 4.98 Å². The van der Waals surface area contributed by atoms with E-state index >= 15 is 0 Å². The summed E-state index contributed by atoms with van der Waals surface area (Å²) in [6.45, 7) is 0. The number of thiophene rings is 1. The second-order valence-electron chi connectivity index (χ2n) is 7.20. The van der Waals surface area contributed by atoms with Gasteiger partial charge < -0.3 is 14.8 Å². The molecule has 1 amide bonds. The first-order valence-corrected chi connectivity index (χ1v) is 12.3. The van der Waals surface area contributed by atoms with Gasteiger partial charge in [0.15, 0.2) is 10.8 Å². The van der Waals surface area contributed by atoms with Crippen molar-refractivity contribution >= 4 is 62.2 Å². The summed E-state index contributed by atoms with van der Waals surface area (Å²) in [4.78, 5) is 18.0. The number of benzene rings is 2. The Hall–Kier alpha value is -3.34. The lowest BCUT2D eigenvalue weighted by Gasteiger charge is -2.09. The van der Waals surface area contributed by atoms with Crippen molar-refractivity contribution in [2.75, 3.05) is 25.3 Å². The number of halogens is 1. The van der Waals surface area contributed by atoms with E-state index in [2.05, 4.69) is 25.9 Å². The Morgan fingerprint density at radius 3 is 2.56 bits per heavy atom. The molecule has 11 heteroatoms. The number of rotatable bonds is 7. The van der Waals surface area contributed by atoms with Crippen LogP contribution in [0, 0.1) is 0 Å². The third-order valence-electron chi connectivity index (χ3n) is 5.07. The number of aromatic nitrogens is 4. The van der Waals surface area contributed by atoms with Crippen LogP contribution in [0.5, 0.6) is 11.5 Å². The molecule has 2 aromatic carbocycles. The van der Waals surface area contributed by atoms with E-state index < -0.39 is 0 Å². The molecule has 1 N–H and O–H groups in total. The lowest BCUT2D eigenvalue weighted by atomic mass is 10.1. The first kappa shape index (κ1) is 22.5. The maximum absolute atomic E-state index is 12.6. The maximum Gasteiger partial charge on any atom is 0.234 e. The van der Waals surface area contributed by atoms with Crippen LogP contribution in [0.25, 0.3) is 27.0 Å². The van der Waals surface area contributed by atoms with Gasteiger partial charge >= 0.3 is 0 Å². The summed E-state index contributed by atoms with van der Waals surface area (Å²) in [5.74, 6) is 1.14. The Bertz CT molecular complexity index is 1480. The van der Waals surface area contributed by atoms with Crippen molar-refractivity contribution in [1.29, 1.82) is 0 Å². The molecule has 0 fully saturated rings. The molecule has 172 valence electrons. The lowest BCUT2D eigenvalue weighted by molar-refractivity contribution is -0.113. The number of ether oxygens (including phenoxy) is 2. The van der Waals surface area contributed by atoms with Crippen LogP contribution >= 0.6 is 34.7 Å². The van der Waals surface area contributed by atoms with Gasteiger partial charge in [0.2, 0.25) is 5.91 Å². The minimum absolute atomic E-state index is 0.145. The monoisotopic (exact) mass is 511 g/mol. The Morgan fingerprint density at radius 1 is 1.12 bits per heavy atom. The van der Waals surface area contributed by atoms with E-state index in [1.807, 2.05) is 24.3 Å². The molecule has 0 saturated carbocycles. The van der Waals surface area contributed by atoms with Crippen LogP contribution in [0.2, 0.25) is 5.02 Å². The molecule has 5 aromatic rings. The van der Waals surface area contributed by atoms with E-state index in [9.17, 15) is 4.79 Å². The van der Waals surface area contributed by atoms with Crippen molar-refractivity contribution in [2.45, 2.75) is 5.16 Å². The zero-order chi connectivity index (χ0) is 23.7. The van der Waals surface area contributed by atoms with Gasteiger partial charge in [-0.15, -0.1) is 21.5 Å². The number of carbonyl (C=O) groups excluding carboxylic acids is 1. The highest BCUT2D eigenvalue weighted by atomic mass is 35.5. The molecule has 0 radical (unpaired) electrons. The van der Waals surface area contributed by atoms with Gasteiger partial charge in [-0.3, -0.25) is 9.20 Å². The lowest BCUT2D eigenvalue weighted by Crippen LogP contribution is -2.14. The molecule has 3 heterocycles. The van der Waals surface area contributed by atoms with E-state index in [0.717, 1.165) is 21.3 Å². The molecule has 0 atom stereocenters. The van der Waals surface area contributed by atoms with Gasteiger partial charge in [0.05, 0.1) is 25.4 Å². The third kappa shape index (κ3) is 4.39. The summed E-state index contributed by atoms with van der Waals surface area (Å²) >= 11 is 8.87. The van der Waals surface area contributed by atoms with Crippen molar-refractivity contribution in [3.05, 3.63) is 59.2 Å². The molecular formula is C23H18ClN5O3S2. The fourth-order valence-electron chi connectivity index (χ4n) is 3.47. The highest BCUT2D eigenvalue weighted by Crippen LogP contribution is 2.36. The van der Waals surface area contributed by atoms with Crippen LogP contribution in [0.15, 0.2) is 59.3 Å². The number of hydrogen-bond donors (Lipinski definition) is 1. The Balaban J connectivity index is 1.38. The van der Waals surface area contributed by atoms with E-state index in [1.54, 1.807) is 54.5 Å². The van der Waals surface area contributed by atoms with Crippen LogP contribution in [0.4, 0.5) is 5.69 Å². The van der Waals surface area contributed by atoms with Crippen molar-refractivity contribution in [3.63, 3.8) is 0 Å². The SMILES string of the molecule is COc1cc(NC(=O)CSc2nnc3c4c(-c5ccc(Cl)cc5)csc4ncn23)cc(OC)c1. The van der Waals surface area contributed by atoms with Crippen LogP contribution in [0.3, 0.4) is 0 Å². The van der Waals surface area contributed by atoms with Gasteiger partial charge in [0.25, 0.3) is 0 Å². The van der Waals surface area contributed by atoms with Gasteiger partial charge in [0.1, 0.15) is 22.7 Å². The quantitative estimate of drug-likeness (QED) is 0.292. The minimum Gasteiger partial charge on any atom is -0.497 e. The number of anilines is 1. The molecular weight excluding hydrogens is 494 g/mol. The molecule has 34 heavy (non-hydrogen) atoms. The number of thioether (sulfide) groups is 1. The number of amides is 1. The number of nitrogens with one attached hydrogen (secondary N) is 1. The topological polar surface area (TPSA) is 90.6 Å². The Kier molecular flexibility index (Phi) is 6.27. The number of methoxy groups -OCH3 is 2. The molecule has 8 nitrogen and oxygen atoms in total. The summed E-state index contributed by atoms with van der Waals surface area (Å²) in [6, 6.07) is 12.9. The van der Waals surface area contributed by atoms with Crippen LogP contribution in [-0.4, -0.2) is 45.5 Å². The number of nitrogens with zero attached hydrogens (tertiary/aromatic N) is 4. The molecule has 0 aliphatic carbocycles. The molecule has 0 saturated heterocycles. The van der Waals surface area contributed by atoms with Gasteiger partial charge in [-0.05, 0) is 17.7 Å². The van der Waals surface area contributed by atoms with E-state index in [0.29, 0.717) is 33.0 Å². The first-order chi connectivity index (χ1) is 16.6. The second kappa shape index (κ2) is 9.49.